The number of esters is 1. The molecule has 0 aromatic carbocycles. The predicted octanol–water partition coefficient (Wildman–Crippen LogP) is -3.24. The summed E-state index contributed by atoms with van der Waals surface area (Å²) in [6.07, 6.45) is 15.3. The van der Waals surface area contributed by atoms with Crippen molar-refractivity contribution in [3.8, 4) is 0 Å². The molecule has 0 saturated carbocycles. The maximum Gasteiger partial charge on any atom is 2.00 e. The van der Waals surface area contributed by atoms with Gasteiger partial charge in [0.05, 0.1) is 12.8 Å². The van der Waals surface area contributed by atoms with Gasteiger partial charge in [-0.15, -0.1) is 0 Å². The maximum atomic E-state index is 12.0. The van der Waals surface area contributed by atoms with Crippen LogP contribution in [-0.4, -0.2) is 82.5 Å². The molecule has 12 heteroatoms. The van der Waals surface area contributed by atoms with Crippen molar-refractivity contribution in [1.29, 1.82) is 0 Å². The van der Waals surface area contributed by atoms with Crippen LogP contribution in [0.1, 0.15) is 130 Å². The van der Waals surface area contributed by atoms with Gasteiger partial charge in [-0.25, -0.2) is 4.79 Å². The largest absolute Gasteiger partial charge is 2.00 e. The number of hydrogen-bond donors (Lipinski definition) is 3. The fraction of sp³-hybridized carbons (Fsp3) is 0.833. The molecular formula is C24H47CaNa3O8. The summed E-state index contributed by atoms with van der Waals surface area (Å²) >= 11 is 0. The zero-order valence-electron chi connectivity index (χ0n) is 28.3. The molecule has 0 rings (SSSR count). The molecule has 0 saturated heterocycles. The second-order valence-electron chi connectivity index (χ2n) is 8.61. The summed E-state index contributed by atoms with van der Waals surface area (Å²) in [6, 6.07) is 0. The topological polar surface area (TPSA) is 138 Å². The van der Waals surface area contributed by atoms with Gasteiger partial charge in [0.1, 0.15) is 0 Å². The molecule has 8 nitrogen and oxygen atoms in total. The average molecular weight is 573 g/mol. The van der Waals surface area contributed by atoms with Crippen LogP contribution >= 0.6 is 0 Å². The molecule has 0 bridgehead atoms. The third-order valence-electron chi connectivity index (χ3n) is 5.56. The number of carbonyl (C=O) groups excluding carboxylic acids is 1. The van der Waals surface area contributed by atoms with Crippen molar-refractivity contribution in [2.24, 2.45) is 0 Å². The molecule has 0 aromatic rings. The first kappa shape index (κ1) is 47.9. The smallest absolute Gasteiger partial charge is 1.00 e. The van der Waals surface area contributed by atoms with Crippen LogP contribution in [0.3, 0.4) is 0 Å². The quantitative estimate of drug-likeness (QED) is 0.0699. The fourth-order valence-corrected chi connectivity index (χ4v) is 3.73. The first-order valence-corrected chi connectivity index (χ1v) is 12.1. The Morgan fingerprint density at radius 2 is 0.917 bits per heavy atom. The van der Waals surface area contributed by atoms with E-state index in [1.165, 1.54) is 64.2 Å². The maximum absolute atomic E-state index is 12.0. The molecule has 0 atom stereocenters. The monoisotopic (exact) mass is 572 g/mol. The number of hydrogen-bond acceptors (Lipinski definition) is 5. The number of ether oxygens (including phenoxy) is 1. The summed E-state index contributed by atoms with van der Waals surface area (Å²) in [5, 5.41) is 27.1. The molecule has 36 heavy (non-hydrogen) atoms. The Bertz CT molecular complexity index is 585. The van der Waals surface area contributed by atoms with E-state index < -0.39 is 42.3 Å². The fourth-order valence-electron chi connectivity index (χ4n) is 3.73. The molecule has 0 aromatic heterocycles. The van der Waals surface area contributed by atoms with E-state index in [4.69, 9.17) is 14.9 Å². The first-order valence-electron chi connectivity index (χ1n) is 12.1. The Morgan fingerprint density at radius 3 is 1.19 bits per heavy atom. The van der Waals surface area contributed by atoms with Crippen LogP contribution in [-0.2, 0) is 23.9 Å². The van der Waals surface area contributed by atoms with Crippen molar-refractivity contribution >= 4 is 61.6 Å². The molecule has 0 aliphatic heterocycles. The van der Waals surface area contributed by atoms with Gasteiger partial charge in [-0.3, -0.25) is 14.4 Å². The third-order valence-corrected chi connectivity index (χ3v) is 5.56. The molecule has 0 fully saturated rings. The van der Waals surface area contributed by atoms with Crippen LogP contribution in [0.15, 0.2) is 0 Å². The van der Waals surface area contributed by atoms with Gasteiger partial charge >= 0.3 is 150 Å². The molecule has 3 N–H and O–H groups in total. The van der Waals surface area contributed by atoms with Gasteiger partial charge in [0.15, 0.2) is 0 Å². The van der Waals surface area contributed by atoms with Gasteiger partial charge in [0.2, 0.25) is 5.60 Å². The van der Waals surface area contributed by atoms with Gasteiger partial charge in [0.25, 0.3) is 0 Å². The molecule has 0 unspecified atom stereocenters. The molecule has 0 amide bonds. The van der Waals surface area contributed by atoms with Crippen LogP contribution in [0.4, 0.5) is 0 Å². The molecular weight excluding hydrogens is 525 g/mol. The van der Waals surface area contributed by atoms with Gasteiger partial charge in [-0.05, 0) is 6.42 Å². The van der Waals surface area contributed by atoms with E-state index in [1.807, 2.05) is 0 Å². The summed E-state index contributed by atoms with van der Waals surface area (Å²) < 4.78 is 4.84. The number of unbranched alkanes of at least 4 members (excludes halogenated alkanes) is 14. The van der Waals surface area contributed by atoms with Crippen molar-refractivity contribution in [1.82, 2.24) is 0 Å². The van der Waals surface area contributed by atoms with Crippen molar-refractivity contribution < 1.29 is 135 Å². The second-order valence-corrected chi connectivity index (χ2v) is 8.61. The van der Waals surface area contributed by atoms with E-state index in [2.05, 4.69) is 6.92 Å². The number of aliphatic carboxylic acids is 3. The van der Waals surface area contributed by atoms with E-state index >= 15 is 0 Å². The SMILES string of the molecule is CCCCCCCCCCCCCCCCCC(=O)OC(CC(=O)O)(CC(=O)O)C(=O)O.[Ca+2].[H-].[H-].[H-].[H-].[H-].[Na+].[Na+].[Na+]. The zero-order chi connectivity index (χ0) is 24.2. The Morgan fingerprint density at radius 1 is 0.611 bits per heavy atom. The van der Waals surface area contributed by atoms with Gasteiger partial charge in [-0.2, -0.15) is 0 Å². The number of rotatable bonds is 22. The minimum absolute atomic E-state index is 0. The normalized spacial score (nSPS) is 10.0. The minimum Gasteiger partial charge on any atom is -1.00 e. The third kappa shape index (κ3) is 27.7. The predicted molar refractivity (Wildman–Crippen MR) is 132 cm³/mol. The standard InChI is InChI=1S/C24H42O8.Ca.3Na.5H/c1-2-3-4-5-6-7-8-9-10-11-12-13-14-15-16-17-22(29)32-24(23(30)31,18-20(25)26)19-21(27)28;;;;;;;;;/h2-19H2,1H3,(H,25,26)(H,27,28)(H,30,31);;;;;;;;;/q;+2;3*+1;5*-1. The molecule has 0 heterocycles. The van der Waals surface area contributed by atoms with Crippen molar-refractivity contribution in [3.05, 3.63) is 0 Å². The average Bonchev–Trinajstić information content (AvgIpc) is 2.69. The van der Waals surface area contributed by atoms with Crippen LogP contribution in [0.25, 0.3) is 0 Å². The Labute approximate surface area is 320 Å². The van der Waals surface area contributed by atoms with E-state index in [0.717, 1.165) is 25.7 Å². The van der Waals surface area contributed by atoms with Crippen LogP contribution in [0.2, 0.25) is 0 Å². The summed E-state index contributed by atoms with van der Waals surface area (Å²) in [5.74, 6) is -5.75. The van der Waals surface area contributed by atoms with E-state index in [1.54, 1.807) is 0 Å². The Hall–Kier alpha value is 2.14. The minimum atomic E-state index is -2.58. The van der Waals surface area contributed by atoms with Gasteiger partial charge in [-0.1, -0.05) is 96.8 Å². The molecule has 0 spiro atoms. The second kappa shape index (κ2) is 31.7. The Balaban J connectivity index is -0.000000133. The summed E-state index contributed by atoms with van der Waals surface area (Å²) in [7, 11) is 0. The van der Waals surface area contributed by atoms with Crippen molar-refractivity contribution in [2.45, 2.75) is 128 Å². The van der Waals surface area contributed by atoms with Crippen molar-refractivity contribution in [2.75, 3.05) is 0 Å². The molecule has 0 aliphatic carbocycles. The Kier molecular flexibility index (Phi) is 42.1. The van der Waals surface area contributed by atoms with Gasteiger partial charge < -0.3 is 27.2 Å². The van der Waals surface area contributed by atoms with Gasteiger partial charge in [0, 0.05) is 6.42 Å². The van der Waals surface area contributed by atoms with E-state index in [0.29, 0.717) is 6.42 Å². The number of carboxylic acids is 3. The summed E-state index contributed by atoms with van der Waals surface area (Å²) in [6.45, 7) is 2.23. The van der Waals surface area contributed by atoms with Crippen LogP contribution in [0, 0.1) is 0 Å². The molecule has 196 valence electrons. The zero-order valence-corrected chi connectivity index (χ0v) is 31.5. The van der Waals surface area contributed by atoms with Crippen LogP contribution in [0.5, 0.6) is 0 Å². The first-order chi connectivity index (χ1) is 15.2. The number of carboxylic acid groups (broad SMARTS) is 3. The summed E-state index contributed by atoms with van der Waals surface area (Å²) in [5.41, 5.74) is -2.58. The van der Waals surface area contributed by atoms with Crippen molar-refractivity contribution in [3.63, 3.8) is 0 Å². The van der Waals surface area contributed by atoms with E-state index in [9.17, 15) is 24.3 Å². The molecule has 0 aliphatic rings. The van der Waals surface area contributed by atoms with Crippen LogP contribution < -0.4 is 88.7 Å². The van der Waals surface area contributed by atoms with E-state index in [-0.39, 0.29) is 140 Å². The summed E-state index contributed by atoms with van der Waals surface area (Å²) in [4.78, 5) is 45.3. The number of carbonyl (C=O) groups is 4. The molecule has 0 radical (unpaired) electrons.